The van der Waals surface area contributed by atoms with E-state index in [0.717, 1.165) is 5.56 Å². The van der Waals surface area contributed by atoms with Crippen LogP contribution >= 0.6 is 0 Å². The molecule has 0 aliphatic heterocycles. The first-order valence-electron chi connectivity index (χ1n) is 6.35. The maximum atomic E-state index is 12.0. The molecule has 104 valence electrons. The quantitative estimate of drug-likeness (QED) is 0.694. The Morgan fingerprint density at radius 2 is 1.84 bits per heavy atom. The Bertz CT molecular complexity index is 418. The van der Waals surface area contributed by atoms with Crippen molar-refractivity contribution < 1.29 is 9.59 Å². The molecule has 1 aromatic rings. The smallest absolute Gasteiger partial charge is 0.243 e. The molecule has 4 N–H and O–H groups in total. The van der Waals surface area contributed by atoms with E-state index < -0.39 is 6.04 Å². The van der Waals surface area contributed by atoms with Crippen LogP contribution < -0.4 is 16.4 Å². The molecule has 1 aromatic carbocycles. The van der Waals surface area contributed by atoms with Gasteiger partial charge in [0, 0.05) is 6.54 Å². The number of rotatable bonds is 6. The Morgan fingerprint density at radius 3 is 2.37 bits per heavy atom. The highest BCUT2D eigenvalue weighted by atomic mass is 16.2. The van der Waals surface area contributed by atoms with Crippen molar-refractivity contribution in [3.05, 3.63) is 35.9 Å². The van der Waals surface area contributed by atoms with Gasteiger partial charge in [0.05, 0.1) is 6.54 Å². The van der Waals surface area contributed by atoms with Gasteiger partial charge in [0.2, 0.25) is 11.8 Å². The molecular weight excluding hydrogens is 242 g/mol. The van der Waals surface area contributed by atoms with Gasteiger partial charge < -0.3 is 16.4 Å². The summed E-state index contributed by atoms with van der Waals surface area (Å²) in [6, 6.07) is 9.06. The summed E-state index contributed by atoms with van der Waals surface area (Å²) in [6.07, 6.45) is 0. The SMILES string of the molecule is CC(C)C(NC(=O)CN)C(=O)NCc1ccccc1. The zero-order valence-electron chi connectivity index (χ0n) is 11.3. The molecule has 1 atom stereocenters. The topological polar surface area (TPSA) is 84.2 Å². The molecule has 0 spiro atoms. The van der Waals surface area contributed by atoms with Crippen molar-refractivity contribution in [3.63, 3.8) is 0 Å². The first-order valence-corrected chi connectivity index (χ1v) is 6.35. The molecular formula is C14H21N3O2. The van der Waals surface area contributed by atoms with Gasteiger partial charge in [-0.25, -0.2) is 0 Å². The van der Waals surface area contributed by atoms with E-state index in [2.05, 4.69) is 10.6 Å². The predicted octanol–water partition coefficient (Wildman–Crippen LogP) is 0.402. The minimum absolute atomic E-state index is 0.00581. The molecule has 0 fully saturated rings. The third kappa shape index (κ3) is 5.09. The minimum Gasteiger partial charge on any atom is -0.350 e. The van der Waals surface area contributed by atoms with Crippen LogP contribution in [-0.2, 0) is 16.1 Å². The van der Waals surface area contributed by atoms with Crippen LogP contribution in [0.4, 0.5) is 0 Å². The number of hydrogen-bond donors (Lipinski definition) is 3. The lowest BCUT2D eigenvalue weighted by Crippen LogP contribution is -2.50. The molecule has 0 aromatic heterocycles. The second kappa shape index (κ2) is 7.53. The molecule has 0 bridgehead atoms. The van der Waals surface area contributed by atoms with E-state index in [1.54, 1.807) is 0 Å². The maximum Gasteiger partial charge on any atom is 0.243 e. The predicted molar refractivity (Wildman–Crippen MR) is 74.1 cm³/mol. The van der Waals surface area contributed by atoms with Crippen LogP contribution in [0.15, 0.2) is 30.3 Å². The van der Waals surface area contributed by atoms with Gasteiger partial charge in [-0.3, -0.25) is 9.59 Å². The standard InChI is InChI=1S/C14H21N3O2/c1-10(2)13(17-12(18)8-15)14(19)16-9-11-6-4-3-5-7-11/h3-7,10,13H,8-9,15H2,1-2H3,(H,16,19)(H,17,18). The Labute approximate surface area is 113 Å². The Kier molecular flexibility index (Phi) is 6.02. The van der Waals surface area contributed by atoms with Gasteiger partial charge >= 0.3 is 0 Å². The molecule has 0 aliphatic rings. The summed E-state index contributed by atoms with van der Waals surface area (Å²) >= 11 is 0. The minimum atomic E-state index is -0.556. The van der Waals surface area contributed by atoms with Gasteiger partial charge in [-0.15, -0.1) is 0 Å². The summed E-state index contributed by atoms with van der Waals surface area (Å²) < 4.78 is 0. The molecule has 0 radical (unpaired) electrons. The van der Waals surface area contributed by atoms with Crippen molar-refractivity contribution in [1.82, 2.24) is 10.6 Å². The van der Waals surface area contributed by atoms with E-state index in [1.165, 1.54) is 0 Å². The van der Waals surface area contributed by atoms with Gasteiger partial charge in [0.1, 0.15) is 6.04 Å². The fourth-order valence-corrected chi connectivity index (χ4v) is 1.66. The zero-order chi connectivity index (χ0) is 14.3. The summed E-state index contributed by atoms with van der Waals surface area (Å²) in [5, 5.41) is 5.44. The fraction of sp³-hybridized carbons (Fsp3) is 0.429. The molecule has 1 unspecified atom stereocenters. The van der Waals surface area contributed by atoms with Crippen LogP contribution in [0.5, 0.6) is 0 Å². The zero-order valence-corrected chi connectivity index (χ0v) is 11.3. The van der Waals surface area contributed by atoms with Gasteiger partial charge in [0.15, 0.2) is 0 Å². The third-order valence-electron chi connectivity index (χ3n) is 2.76. The first-order chi connectivity index (χ1) is 9.04. The second-order valence-corrected chi connectivity index (χ2v) is 4.70. The molecule has 1 rings (SSSR count). The summed E-state index contributed by atoms with van der Waals surface area (Å²) in [7, 11) is 0. The largest absolute Gasteiger partial charge is 0.350 e. The summed E-state index contributed by atoms with van der Waals surface area (Å²) in [5.41, 5.74) is 6.26. The number of hydrogen-bond acceptors (Lipinski definition) is 3. The molecule has 2 amide bonds. The molecule has 19 heavy (non-hydrogen) atoms. The van der Waals surface area contributed by atoms with Gasteiger partial charge in [-0.2, -0.15) is 0 Å². The lowest BCUT2D eigenvalue weighted by Gasteiger charge is -2.21. The van der Waals surface area contributed by atoms with Gasteiger partial charge in [-0.1, -0.05) is 44.2 Å². The highest BCUT2D eigenvalue weighted by Crippen LogP contribution is 2.03. The van der Waals surface area contributed by atoms with Crippen molar-refractivity contribution in [2.45, 2.75) is 26.4 Å². The van der Waals surface area contributed by atoms with Crippen LogP contribution in [0.25, 0.3) is 0 Å². The van der Waals surface area contributed by atoms with Gasteiger partial charge in [-0.05, 0) is 11.5 Å². The van der Waals surface area contributed by atoms with E-state index >= 15 is 0 Å². The lowest BCUT2D eigenvalue weighted by atomic mass is 10.0. The Hall–Kier alpha value is -1.88. The average molecular weight is 263 g/mol. The number of carbonyl (C=O) groups is 2. The number of carbonyl (C=O) groups excluding carboxylic acids is 2. The van der Waals surface area contributed by atoms with E-state index in [0.29, 0.717) is 6.54 Å². The van der Waals surface area contributed by atoms with Crippen LogP contribution in [0.1, 0.15) is 19.4 Å². The summed E-state index contributed by atoms with van der Waals surface area (Å²) in [4.78, 5) is 23.3. The number of benzene rings is 1. The fourth-order valence-electron chi connectivity index (χ4n) is 1.66. The van der Waals surface area contributed by atoms with Crippen molar-refractivity contribution in [3.8, 4) is 0 Å². The van der Waals surface area contributed by atoms with Crippen molar-refractivity contribution in [1.29, 1.82) is 0 Å². The van der Waals surface area contributed by atoms with Gasteiger partial charge in [0.25, 0.3) is 0 Å². The number of nitrogens with one attached hydrogen (secondary N) is 2. The van der Waals surface area contributed by atoms with Crippen LogP contribution in [0.3, 0.4) is 0 Å². The van der Waals surface area contributed by atoms with Crippen LogP contribution in [0, 0.1) is 5.92 Å². The third-order valence-corrected chi connectivity index (χ3v) is 2.76. The Balaban J connectivity index is 2.55. The molecule has 5 heteroatoms. The second-order valence-electron chi connectivity index (χ2n) is 4.70. The Morgan fingerprint density at radius 1 is 1.21 bits per heavy atom. The van der Waals surface area contributed by atoms with E-state index in [4.69, 9.17) is 5.73 Å². The summed E-state index contributed by atoms with van der Waals surface area (Å²) in [6.45, 7) is 4.09. The molecule has 0 saturated carbocycles. The normalized spacial score (nSPS) is 12.0. The van der Waals surface area contributed by atoms with E-state index in [9.17, 15) is 9.59 Å². The summed E-state index contributed by atoms with van der Waals surface area (Å²) in [5.74, 6) is -0.513. The molecule has 0 saturated heterocycles. The van der Waals surface area contributed by atoms with Crippen molar-refractivity contribution in [2.75, 3.05) is 6.54 Å². The highest BCUT2D eigenvalue weighted by molar-refractivity contribution is 5.88. The lowest BCUT2D eigenvalue weighted by molar-refractivity contribution is -0.129. The van der Waals surface area contributed by atoms with Crippen LogP contribution in [0.2, 0.25) is 0 Å². The van der Waals surface area contributed by atoms with E-state index in [-0.39, 0.29) is 24.3 Å². The monoisotopic (exact) mass is 263 g/mol. The number of nitrogens with two attached hydrogens (primary N) is 1. The molecule has 0 heterocycles. The highest BCUT2D eigenvalue weighted by Gasteiger charge is 2.23. The van der Waals surface area contributed by atoms with E-state index in [1.807, 2.05) is 44.2 Å². The van der Waals surface area contributed by atoms with Crippen molar-refractivity contribution in [2.24, 2.45) is 11.7 Å². The first kappa shape index (κ1) is 15.2. The molecule has 5 nitrogen and oxygen atoms in total. The average Bonchev–Trinajstić information content (AvgIpc) is 2.42. The molecule has 0 aliphatic carbocycles. The van der Waals surface area contributed by atoms with Crippen molar-refractivity contribution >= 4 is 11.8 Å². The maximum absolute atomic E-state index is 12.0. The van der Waals surface area contributed by atoms with Crippen LogP contribution in [-0.4, -0.2) is 24.4 Å². The number of amides is 2.